The summed E-state index contributed by atoms with van der Waals surface area (Å²) in [5, 5.41) is 14.8. The van der Waals surface area contributed by atoms with Gasteiger partial charge in [-0.05, 0) is 48.2 Å². The van der Waals surface area contributed by atoms with Gasteiger partial charge in [0.1, 0.15) is 12.1 Å². The lowest BCUT2D eigenvalue weighted by Crippen LogP contribution is -2.51. The van der Waals surface area contributed by atoms with E-state index in [0.717, 1.165) is 16.7 Å². The molecule has 1 atom stereocenters. The number of methoxy groups -OCH3 is 2. The summed E-state index contributed by atoms with van der Waals surface area (Å²) < 4.78 is 16.9. The minimum Gasteiger partial charge on any atom is -0.493 e. The van der Waals surface area contributed by atoms with E-state index in [-0.39, 0.29) is 22.8 Å². The Labute approximate surface area is 197 Å². The molecule has 8 nitrogen and oxygen atoms in total. The van der Waals surface area contributed by atoms with Gasteiger partial charge in [0.05, 0.1) is 24.7 Å². The molecule has 0 amide bonds. The van der Waals surface area contributed by atoms with Crippen LogP contribution in [0.4, 0.5) is 5.69 Å². The number of para-hydroxylation sites is 1. The lowest BCUT2D eigenvalue weighted by Gasteiger charge is -2.36. The highest BCUT2D eigenvalue weighted by Gasteiger charge is 2.42. The first-order chi connectivity index (χ1) is 16.4. The van der Waals surface area contributed by atoms with E-state index in [1.54, 1.807) is 20.1 Å². The summed E-state index contributed by atoms with van der Waals surface area (Å²) in [7, 11) is 2.90. The second-order valence-corrected chi connectivity index (χ2v) is 8.18. The topological polar surface area (TPSA) is 99.9 Å². The van der Waals surface area contributed by atoms with Crippen LogP contribution in [0.25, 0.3) is 0 Å². The van der Waals surface area contributed by atoms with Crippen molar-refractivity contribution in [2.24, 2.45) is 0 Å². The molecule has 0 saturated heterocycles. The van der Waals surface area contributed by atoms with Crippen molar-refractivity contribution in [1.82, 2.24) is 5.32 Å². The summed E-state index contributed by atoms with van der Waals surface area (Å²) in [6.07, 6.45) is 0.694. The fraction of sp³-hybridized carbons (Fsp3) is 0.269. The highest BCUT2D eigenvalue weighted by atomic mass is 16.6. The lowest BCUT2D eigenvalue weighted by atomic mass is 9.78. The van der Waals surface area contributed by atoms with Crippen molar-refractivity contribution < 1.29 is 23.9 Å². The van der Waals surface area contributed by atoms with E-state index in [0.29, 0.717) is 31.1 Å². The number of carbonyl (C=O) groups excluding carboxylic acids is 1. The predicted molar refractivity (Wildman–Crippen MR) is 127 cm³/mol. The maximum absolute atomic E-state index is 13.8. The molecule has 0 aliphatic carbocycles. The van der Waals surface area contributed by atoms with Crippen molar-refractivity contribution in [1.29, 1.82) is 0 Å². The van der Waals surface area contributed by atoms with Crippen molar-refractivity contribution in [2.45, 2.75) is 25.5 Å². The van der Waals surface area contributed by atoms with Gasteiger partial charge in [0.2, 0.25) is 5.75 Å². The van der Waals surface area contributed by atoms with E-state index in [1.165, 1.54) is 19.2 Å². The Balaban J connectivity index is 1.76. The molecule has 1 N–H and O–H groups in total. The molecule has 1 unspecified atom stereocenters. The SMILES string of the molecule is COc1cc2c(cc1OCc1ccccc1)C(C)(C(=O)c1cccc([N+](=O)[O-])c1OC)NCC2. The molecule has 0 fully saturated rings. The number of ether oxygens (including phenoxy) is 3. The number of nitro groups is 1. The third kappa shape index (κ3) is 4.20. The Bertz CT molecular complexity index is 1230. The van der Waals surface area contributed by atoms with Crippen molar-refractivity contribution in [2.75, 3.05) is 20.8 Å². The molecule has 0 aromatic heterocycles. The fourth-order valence-electron chi connectivity index (χ4n) is 4.36. The van der Waals surface area contributed by atoms with Crippen LogP contribution in [0.2, 0.25) is 0 Å². The summed E-state index contributed by atoms with van der Waals surface area (Å²) in [6.45, 7) is 2.67. The molecular weight excluding hydrogens is 436 g/mol. The van der Waals surface area contributed by atoms with Gasteiger partial charge in [0.15, 0.2) is 17.3 Å². The van der Waals surface area contributed by atoms with Gasteiger partial charge in [-0.1, -0.05) is 36.4 Å². The standard InChI is InChI=1S/C26H26N2O6/c1-26(25(29)19-10-7-11-21(28(30)31)24(19)33-3)20-15-23(34-16-17-8-5-4-6-9-17)22(32-2)14-18(20)12-13-27-26/h4-11,14-15,27H,12-13,16H2,1-3H3. The molecule has 8 heteroatoms. The normalized spacial score (nSPS) is 16.9. The lowest BCUT2D eigenvalue weighted by molar-refractivity contribution is -0.385. The Morgan fingerprint density at radius 1 is 1.06 bits per heavy atom. The number of nitrogens with one attached hydrogen (secondary N) is 1. The van der Waals surface area contributed by atoms with Crippen LogP contribution in [0.15, 0.2) is 60.7 Å². The van der Waals surface area contributed by atoms with Crippen LogP contribution in [0.3, 0.4) is 0 Å². The number of Topliss-reactive ketones (excluding diaryl/α,β-unsaturated/α-hetero) is 1. The van der Waals surface area contributed by atoms with Crippen LogP contribution in [-0.4, -0.2) is 31.5 Å². The van der Waals surface area contributed by atoms with Crippen LogP contribution in [-0.2, 0) is 18.6 Å². The van der Waals surface area contributed by atoms with Gasteiger partial charge in [-0.3, -0.25) is 14.9 Å². The van der Waals surface area contributed by atoms with Gasteiger partial charge in [-0.2, -0.15) is 0 Å². The number of ketones is 1. The van der Waals surface area contributed by atoms with Gasteiger partial charge < -0.3 is 19.5 Å². The molecule has 0 spiro atoms. The zero-order valence-corrected chi connectivity index (χ0v) is 19.3. The van der Waals surface area contributed by atoms with Crippen molar-refractivity contribution in [3.63, 3.8) is 0 Å². The maximum Gasteiger partial charge on any atom is 0.311 e. The number of fused-ring (bicyclic) bond motifs is 1. The first-order valence-corrected chi connectivity index (χ1v) is 10.9. The molecule has 3 aromatic rings. The van der Waals surface area contributed by atoms with Crippen LogP contribution in [0, 0.1) is 10.1 Å². The molecule has 1 aliphatic heterocycles. The van der Waals surface area contributed by atoms with E-state index in [2.05, 4.69) is 5.32 Å². The quantitative estimate of drug-likeness (QED) is 0.300. The average Bonchev–Trinajstić information content (AvgIpc) is 2.86. The van der Waals surface area contributed by atoms with Gasteiger partial charge in [0.25, 0.3) is 0 Å². The van der Waals surface area contributed by atoms with Crippen LogP contribution in [0.5, 0.6) is 17.2 Å². The summed E-state index contributed by atoms with van der Waals surface area (Å²) in [5.41, 5.74) is 1.43. The largest absolute Gasteiger partial charge is 0.493 e. The minimum atomic E-state index is -1.15. The molecule has 0 saturated carbocycles. The van der Waals surface area contributed by atoms with E-state index >= 15 is 0 Å². The third-order valence-corrected chi connectivity index (χ3v) is 6.13. The average molecular weight is 463 g/mol. The van der Waals surface area contributed by atoms with Gasteiger partial charge in [-0.15, -0.1) is 0 Å². The van der Waals surface area contributed by atoms with E-state index in [4.69, 9.17) is 14.2 Å². The molecule has 0 radical (unpaired) electrons. The molecule has 1 heterocycles. The third-order valence-electron chi connectivity index (χ3n) is 6.13. The molecule has 3 aromatic carbocycles. The minimum absolute atomic E-state index is 0.0540. The predicted octanol–water partition coefficient (Wildman–Crippen LogP) is 4.43. The van der Waals surface area contributed by atoms with Crippen LogP contribution in [0.1, 0.15) is 34.0 Å². The first-order valence-electron chi connectivity index (χ1n) is 10.9. The first kappa shape index (κ1) is 23.3. The number of nitrogens with zero attached hydrogens (tertiary/aromatic N) is 1. The highest BCUT2D eigenvalue weighted by Crippen LogP contribution is 2.41. The number of hydrogen-bond acceptors (Lipinski definition) is 7. The number of benzene rings is 3. The Morgan fingerprint density at radius 2 is 1.82 bits per heavy atom. The zero-order chi connectivity index (χ0) is 24.3. The number of nitro benzene ring substituents is 1. The van der Waals surface area contributed by atoms with Crippen LogP contribution < -0.4 is 19.5 Å². The Hall–Kier alpha value is -3.91. The van der Waals surface area contributed by atoms with Crippen molar-refractivity contribution in [3.8, 4) is 17.2 Å². The van der Waals surface area contributed by atoms with E-state index in [9.17, 15) is 14.9 Å². The van der Waals surface area contributed by atoms with Crippen molar-refractivity contribution in [3.05, 3.63) is 93.0 Å². The highest BCUT2D eigenvalue weighted by molar-refractivity contribution is 6.06. The Morgan fingerprint density at radius 3 is 2.50 bits per heavy atom. The number of rotatable bonds is 8. The molecule has 176 valence electrons. The summed E-state index contributed by atoms with van der Waals surface area (Å²) in [5.74, 6) is 0.716. The molecule has 34 heavy (non-hydrogen) atoms. The van der Waals surface area contributed by atoms with E-state index < -0.39 is 10.5 Å². The van der Waals surface area contributed by atoms with Gasteiger partial charge in [0, 0.05) is 12.6 Å². The second kappa shape index (κ2) is 9.52. The molecule has 0 bridgehead atoms. The zero-order valence-electron chi connectivity index (χ0n) is 19.3. The van der Waals surface area contributed by atoms with Crippen molar-refractivity contribution >= 4 is 11.5 Å². The fourth-order valence-corrected chi connectivity index (χ4v) is 4.36. The summed E-state index contributed by atoms with van der Waals surface area (Å²) >= 11 is 0. The number of carbonyl (C=O) groups is 1. The second-order valence-electron chi connectivity index (χ2n) is 8.18. The molecular formula is C26H26N2O6. The number of hydrogen-bond donors (Lipinski definition) is 1. The molecule has 4 rings (SSSR count). The summed E-state index contributed by atoms with van der Waals surface area (Å²) in [4.78, 5) is 24.8. The van der Waals surface area contributed by atoms with Gasteiger partial charge >= 0.3 is 5.69 Å². The maximum atomic E-state index is 13.8. The van der Waals surface area contributed by atoms with Gasteiger partial charge in [-0.25, -0.2) is 0 Å². The molecule has 1 aliphatic rings. The van der Waals surface area contributed by atoms with E-state index in [1.807, 2.05) is 42.5 Å². The smallest absolute Gasteiger partial charge is 0.311 e. The Kier molecular flexibility index (Phi) is 6.51. The van der Waals surface area contributed by atoms with Crippen LogP contribution >= 0.6 is 0 Å². The summed E-state index contributed by atoms with van der Waals surface area (Å²) in [6, 6.07) is 17.8. The monoisotopic (exact) mass is 462 g/mol.